The smallest absolute Gasteiger partial charge is 0.159 e. The van der Waals surface area contributed by atoms with Gasteiger partial charge in [0, 0.05) is 28.1 Å². The maximum Gasteiger partial charge on any atom is 0.159 e. The molecule has 0 fully saturated rings. The van der Waals surface area contributed by atoms with Crippen molar-refractivity contribution in [2.75, 3.05) is 0 Å². The Morgan fingerprint density at radius 2 is 1.13 bits per heavy atom. The monoisotopic (exact) mass is 601 g/mol. The van der Waals surface area contributed by atoms with Crippen LogP contribution in [0.5, 0.6) is 0 Å². The maximum atomic E-state index is 5.12. The zero-order valence-electron chi connectivity index (χ0n) is 25.3. The predicted octanol–water partition coefficient (Wildman–Crippen LogP) is 9.47. The number of fused-ring (bicyclic) bond motifs is 2. The second kappa shape index (κ2) is 10.1. The van der Waals surface area contributed by atoms with Crippen molar-refractivity contribution in [3.63, 3.8) is 0 Å². The molecule has 220 valence electrons. The number of aromatic nitrogens is 2. The Labute approximate surface area is 271 Å². The van der Waals surface area contributed by atoms with Crippen LogP contribution >= 0.6 is 0 Å². The molecule has 5 heteroatoms. The Morgan fingerprint density at radius 3 is 1.79 bits per heavy atom. The molecule has 0 amide bonds. The third kappa shape index (κ3) is 3.93. The molecule has 1 unspecified atom stereocenters. The van der Waals surface area contributed by atoms with E-state index in [0.29, 0.717) is 5.84 Å². The molecule has 10 rings (SSSR count). The Hall–Kier alpha value is -6.33. The molecule has 1 N–H and O–H groups in total. The van der Waals surface area contributed by atoms with Gasteiger partial charge in [-0.1, -0.05) is 121 Å². The van der Waals surface area contributed by atoms with Gasteiger partial charge >= 0.3 is 0 Å². The second-order valence-corrected chi connectivity index (χ2v) is 12.1. The minimum Gasteiger partial charge on any atom is -0.344 e. The first-order chi connectivity index (χ1) is 23.3. The number of aliphatic imine (C=N–C) groups is 2. The van der Waals surface area contributed by atoms with Crippen LogP contribution in [0, 0.1) is 0 Å². The van der Waals surface area contributed by atoms with Crippen LogP contribution in [-0.4, -0.2) is 21.2 Å². The summed E-state index contributed by atoms with van der Waals surface area (Å²) in [5, 5.41) is 8.63. The first-order valence-corrected chi connectivity index (χ1v) is 15.9. The van der Waals surface area contributed by atoms with Gasteiger partial charge in [-0.2, -0.15) is 0 Å². The zero-order valence-corrected chi connectivity index (χ0v) is 25.3. The Kier molecular flexibility index (Phi) is 5.57. The molecular formula is C42H27N5. The van der Waals surface area contributed by atoms with E-state index in [0.717, 1.165) is 39.4 Å². The van der Waals surface area contributed by atoms with E-state index in [1.54, 1.807) is 0 Å². The molecule has 0 spiro atoms. The molecule has 2 aromatic heterocycles. The van der Waals surface area contributed by atoms with Gasteiger partial charge in [-0.25, -0.2) is 15.0 Å². The van der Waals surface area contributed by atoms with Gasteiger partial charge in [0.2, 0.25) is 0 Å². The van der Waals surface area contributed by atoms with Gasteiger partial charge in [0.1, 0.15) is 17.8 Å². The van der Waals surface area contributed by atoms with Gasteiger partial charge in [-0.15, -0.1) is 0 Å². The number of pyridine rings is 1. The fourth-order valence-corrected chi connectivity index (χ4v) is 7.40. The van der Waals surface area contributed by atoms with Crippen molar-refractivity contribution in [3.8, 4) is 28.1 Å². The van der Waals surface area contributed by atoms with Gasteiger partial charge in [0.05, 0.1) is 11.0 Å². The largest absolute Gasteiger partial charge is 0.344 e. The number of hydrogen-bond acceptors (Lipinski definition) is 4. The topological polar surface area (TPSA) is 54.6 Å². The highest BCUT2D eigenvalue weighted by Gasteiger charge is 2.26. The lowest BCUT2D eigenvalue weighted by Crippen LogP contribution is -2.33. The number of nitrogens with one attached hydrogen (secondary N) is 1. The summed E-state index contributed by atoms with van der Waals surface area (Å²) in [7, 11) is 0. The molecule has 0 radical (unpaired) electrons. The number of hydrogen-bond donors (Lipinski definition) is 1. The van der Waals surface area contributed by atoms with Crippen molar-refractivity contribution in [2.45, 2.75) is 6.17 Å². The third-order valence-corrected chi connectivity index (χ3v) is 9.44. The molecule has 1 aliphatic carbocycles. The molecule has 0 saturated carbocycles. The average Bonchev–Trinajstić information content (AvgIpc) is 3.43. The van der Waals surface area contributed by atoms with Crippen molar-refractivity contribution in [3.05, 3.63) is 168 Å². The minimum absolute atomic E-state index is 0.269. The average molecular weight is 602 g/mol. The number of benzene rings is 6. The van der Waals surface area contributed by atoms with E-state index in [1.807, 2.05) is 48.7 Å². The number of rotatable bonds is 4. The number of nitrogens with zero attached hydrogens (tertiary/aromatic N) is 4. The summed E-state index contributed by atoms with van der Waals surface area (Å²) in [5.41, 5.74) is 10.3. The molecule has 0 bridgehead atoms. The van der Waals surface area contributed by atoms with Crippen molar-refractivity contribution in [2.24, 2.45) is 9.98 Å². The van der Waals surface area contributed by atoms with Crippen LogP contribution in [0.1, 0.15) is 22.9 Å². The third-order valence-electron chi connectivity index (χ3n) is 9.44. The van der Waals surface area contributed by atoms with Crippen molar-refractivity contribution < 1.29 is 0 Å². The van der Waals surface area contributed by atoms with Gasteiger partial charge < -0.3 is 5.32 Å². The molecule has 1 atom stereocenters. The van der Waals surface area contributed by atoms with E-state index in [4.69, 9.17) is 15.0 Å². The van der Waals surface area contributed by atoms with Crippen LogP contribution in [0.15, 0.2) is 162 Å². The Bertz CT molecular complexity index is 2500. The van der Waals surface area contributed by atoms with Crippen LogP contribution in [0.3, 0.4) is 0 Å². The summed E-state index contributed by atoms with van der Waals surface area (Å²) in [6, 6.07) is 51.2. The standard InChI is InChI=1S/C42H27N5/c1-3-11-27(12-4-1)40-44-41(28-13-5-2-6-14-28)46-42(45-40)29-23-24-43-36(25-29)47-34-21-9-19-32-30-17-7-15-26-16-8-18-31(37(26)30)33-20-10-22-35(47)39(33)38(32)34/h1-25,40H,(H,44,45,46). The summed E-state index contributed by atoms with van der Waals surface area (Å²) in [6.45, 7) is 0. The molecule has 2 aliphatic rings. The molecule has 8 aromatic rings. The lowest BCUT2D eigenvalue weighted by Gasteiger charge is -2.23. The van der Waals surface area contributed by atoms with Crippen molar-refractivity contribution in [1.29, 1.82) is 0 Å². The van der Waals surface area contributed by atoms with Crippen molar-refractivity contribution >= 4 is 44.2 Å². The quantitative estimate of drug-likeness (QED) is 0.218. The molecule has 6 aromatic carbocycles. The first kappa shape index (κ1) is 25.9. The highest BCUT2D eigenvalue weighted by molar-refractivity contribution is 6.27. The van der Waals surface area contributed by atoms with E-state index in [2.05, 4.69) is 113 Å². The molecule has 1 aliphatic heterocycles. The van der Waals surface area contributed by atoms with Gasteiger partial charge in [-0.3, -0.25) is 4.57 Å². The highest BCUT2D eigenvalue weighted by Crippen LogP contribution is 2.49. The summed E-state index contributed by atoms with van der Waals surface area (Å²) in [4.78, 5) is 15.1. The van der Waals surface area contributed by atoms with Gasteiger partial charge in [0.25, 0.3) is 0 Å². The lowest BCUT2D eigenvalue weighted by molar-refractivity contribution is 0.674. The molecule has 5 nitrogen and oxygen atoms in total. The zero-order chi connectivity index (χ0) is 30.9. The van der Waals surface area contributed by atoms with Crippen LogP contribution in [-0.2, 0) is 0 Å². The predicted molar refractivity (Wildman–Crippen MR) is 192 cm³/mol. The van der Waals surface area contributed by atoms with Crippen LogP contribution in [0.2, 0.25) is 0 Å². The normalized spacial score (nSPS) is 15.0. The minimum atomic E-state index is -0.269. The SMILES string of the molecule is c1ccc(C2=NC(c3ccnc(-n4c5cccc6c5c5c(cccc54)-c4cccc5cccc-6c45)c3)=NC(c3ccccc3)N2)cc1. The maximum absolute atomic E-state index is 5.12. The molecule has 3 heterocycles. The van der Waals surface area contributed by atoms with E-state index >= 15 is 0 Å². The van der Waals surface area contributed by atoms with Gasteiger partial charge in [0.15, 0.2) is 5.84 Å². The Morgan fingerprint density at radius 1 is 0.532 bits per heavy atom. The second-order valence-electron chi connectivity index (χ2n) is 12.1. The molecule has 47 heavy (non-hydrogen) atoms. The lowest BCUT2D eigenvalue weighted by atomic mass is 9.93. The van der Waals surface area contributed by atoms with E-state index in [-0.39, 0.29) is 6.17 Å². The molecule has 0 saturated heterocycles. The fourth-order valence-electron chi connectivity index (χ4n) is 7.40. The summed E-state index contributed by atoms with van der Waals surface area (Å²) in [5.74, 6) is 2.30. The van der Waals surface area contributed by atoms with Crippen LogP contribution in [0.4, 0.5) is 0 Å². The number of amidine groups is 2. The first-order valence-electron chi connectivity index (χ1n) is 15.9. The Balaban J connectivity index is 1.20. The van der Waals surface area contributed by atoms with Crippen LogP contribution < -0.4 is 5.32 Å². The fraction of sp³-hybridized carbons (Fsp3) is 0.0238. The van der Waals surface area contributed by atoms with Gasteiger partial charge in [-0.05, 0) is 62.9 Å². The van der Waals surface area contributed by atoms with E-state index in [1.165, 1.54) is 43.8 Å². The van der Waals surface area contributed by atoms with Crippen molar-refractivity contribution in [1.82, 2.24) is 14.9 Å². The molecular weight excluding hydrogens is 574 g/mol. The van der Waals surface area contributed by atoms with Crippen LogP contribution in [0.25, 0.3) is 60.6 Å². The van der Waals surface area contributed by atoms with E-state index in [9.17, 15) is 0 Å². The summed E-state index contributed by atoms with van der Waals surface area (Å²) >= 11 is 0. The summed E-state index contributed by atoms with van der Waals surface area (Å²) in [6.07, 6.45) is 1.60. The summed E-state index contributed by atoms with van der Waals surface area (Å²) < 4.78 is 2.30. The highest BCUT2D eigenvalue weighted by atomic mass is 15.2. The van der Waals surface area contributed by atoms with E-state index < -0.39 is 0 Å².